The van der Waals surface area contributed by atoms with Gasteiger partial charge in [-0.1, -0.05) is 0 Å². The summed E-state index contributed by atoms with van der Waals surface area (Å²) < 4.78 is 0. The minimum absolute atomic E-state index is 0.476. The fourth-order valence-electron chi connectivity index (χ4n) is 1.16. The van der Waals surface area contributed by atoms with Gasteiger partial charge in [0.25, 0.3) is 0 Å². The lowest BCUT2D eigenvalue weighted by Crippen LogP contribution is -2.18. The molecule has 0 spiro atoms. The standard InChI is InChI=1S/C10H16N2S/c1-8-4-5-11-10(6-8)12-9(2)7-13-3/h4-6,9H,7H2,1-3H3,(H,11,12). The molecule has 13 heavy (non-hydrogen) atoms. The smallest absolute Gasteiger partial charge is 0.126 e. The summed E-state index contributed by atoms with van der Waals surface area (Å²) in [4.78, 5) is 4.24. The molecule has 0 aromatic carbocycles. The predicted octanol–water partition coefficient (Wildman–Crippen LogP) is 2.55. The van der Waals surface area contributed by atoms with E-state index in [1.54, 1.807) is 0 Å². The fourth-order valence-corrected chi connectivity index (χ4v) is 1.74. The normalized spacial score (nSPS) is 12.5. The summed E-state index contributed by atoms with van der Waals surface area (Å²) >= 11 is 1.84. The third-order valence-electron chi connectivity index (χ3n) is 1.73. The molecule has 0 saturated carbocycles. The number of hydrogen-bond acceptors (Lipinski definition) is 3. The van der Waals surface area contributed by atoms with Gasteiger partial charge in [-0.2, -0.15) is 11.8 Å². The Labute approximate surface area is 84.1 Å². The zero-order valence-electron chi connectivity index (χ0n) is 8.37. The lowest BCUT2D eigenvalue weighted by atomic mass is 10.3. The van der Waals surface area contributed by atoms with Gasteiger partial charge in [-0.05, 0) is 37.8 Å². The monoisotopic (exact) mass is 196 g/mol. The molecule has 0 fully saturated rings. The molecule has 1 aromatic heterocycles. The molecule has 1 heterocycles. The highest BCUT2D eigenvalue weighted by Crippen LogP contribution is 2.08. The number of rotatable bonds is 4. The van der Waals surface area contributed by atoms with Gasteiger partial charge in [-0.25, -0.2) is 4.98 Å². The molecule has 1 N–H and O–H groups in total. The van der Waals surface area contributed by atoms with E-state index < -0.39 is 0 Å². The Balaban J connectivity index is 2.53. The van der Waals surface area contributed by atoms with Crippen molar-refractivity contribution in [3.05, 3.63) is 23.9 Å². The van der Waals surface area contributed by atoms with Crippen LogP contribution in [0.3, 0.4) is 0 Å². The molecule has 0 radical (unpaired) electrons. The van der Waals surface area contributed by atoms with Gasteiger partial charge in [0.2, 0.25) is 0 Å². The highest BCUT2D eigenvalue weighted by atomic mass is 32.2. The van der Waals surface area contributed by atoms with Crippen LogP contribution in [0.5, 0.6) is 0 Å². The first kappa shape index (κ1) is 10.4. The third kappa shape index (κ3) is 3.68. The molecule has 0 aliphatic carbocycles. The van der Waals surface area contributed by atoms with Gasteiger partial charge in [0.05, 0.1) is 0 Å². The van der Waals surface area contributed by atoms with Gasteiger partial charge in [-0.15, -0.1) is 0 Å². The van der Waals surface area contributed by atoms with E-state index >= 15 is 0 Å². The second kappa shape index (κ2) is 5.12. The molecular formula is C10H16N2S. The van der Waals surface area contributed by atoms with Crippen molar-refractivity contribution in [3.63, 3.8) is 0 Å². The van der Waals surface area contributed by atoms with Crippen molar-refractivity contribution in [1.82, 2.24) is 4.98 Å². The molecule has 0 amide bonds. The number of nitrogens with zero attached hydrogens (tertiary/aromatic N) is 1. The van der Waals surface area contributed by atoms with Gasteiger partial charge >= 0.3 is 0 Å². The van der Waals surface area contributed by atoms with Crippen molar-refractivity contribution in [3.8, 4) is 0 Å². The molecule has 72 valence electrons. The van der Waals surface area contributed by atoms with Crippen molar-refractivity contribution < 1.29 is 0 Å². The topological polar surface area (TPSA) is 24.9 Å². The molecule has 1 rings (SSSR count). The van der Waals surface area contributed by atoms with Crippen LogP contribution in [0.4, 0.5) is 5.82 Å². The van der Waals surface area contributed by atoms with Gasteiger partial charge < -0.3 is 5.32 Å². The quantitative estimate of drug-likeness (QED) is 0.801. The Morgan fingerprint density at radius 3 is 3.00 bits per heavy atom. The van der Waals surface area contributed by atoms with Crippen LogP contribution >= 0.6 is 11.8 Å². The summed E-state index contributed by atoms with van der Waals surface area (Å²) in [5.74, 6) is 2.08. The molecule has 0 aliphatic rings. The third-order valence-corrected chi connectivity index (χ3v) is 2.56. The SMILES string of the molecule is CSCC(C)Nc1cc(C)ccn1. The van der Waals surface area contributed by atoms with Crippen LogP contribution in [-0.4, -0.2) is 23.0 Å². The van der Waals surface area contributed by atoms with Crippen molar-refractivity contribution in [2.24, 2.45) is 0 Å². The number of aryl methyl sites for hydroxylation is 1. The Hall–Kier alpha value is -0.700. The Morgan fingerprint density at radius 2 is 2.38 bits per heavy atom. The van der Waals surface area contributed by atoms with Crippen LogP contribution in [0.1, 0.15) is 12.5 Å². The lowest BCUT2D eigenvalue weighted by Gasteiger charge is -2.12. The zero-order valence-corrected chi connectivity index (χ0v) is 9.19. The summed E-state index contributed by atoms with van der Waals surface area (Å²) in [5, 5.41) is 3.35. The number of hydrogen-bond donors (Lipinski definition) is 1. The molecule has 2 nitrogen and oxygen atoms in total. The van der Waals surface area contributed by atoms with E-state index in [0.717, 1.165) is 11.6 Å². The minimum atomic E-state index is 0.476. The van der Waals surface area contributed by atoms with Gasteiger partial charge in [0.15, 0.2) is 0 Å². The second-order valence-corrected chi connectivity index (χ2v) is 4.13. The summed E-state index contributed by atoms with van der Waals surface area (Å²) in [6.45, 7) is 4.24. The van der Waals surface area contributed by atoms with Crippen molar-refractivity contribution in [2.45, 2.75) is 19.9 Å². The van der Waals surface area contributed by atoms with Gasteiger partial charge in [0.1, 0.15) is 5.82 Å². The molecule has 3 heteroatoms. The average molecular weight is 196 g/mol. The Kier molecular flexibility index (Phi) is 4.09. The van der Waals surface area contributed by atoms with Crippen LogP contribution in [0.2, 0.25) is 0 Å². The fraction of sp³-hybridized carbons (Fsp3) is 0.500. The first-order valence-electron chi connectivity index (χ1n) is 4.40. The number of anilines is 1. The first-order chi connectivity index (χ1) is 6.22. The maximum Gasteiger partial charge on any atom is 0.126 e. The average Bonchev–Trinajstić information content (AvgIpc) is 2.04. The highest BCUT2D eigenvalue weighted by molar-refractivity contribution is 7.98. The van der Waals surface area contributed by atoms with Crippen molar-refractivity contribution in [1.29, 1.82) is 0 Å². The first-order valence-corrected chi connectivity index (χ1v) is 5.80. The van der Waals surface area contributed by atoms with Gasteiger partial charge in [0, 0.05) is 18.0 Å². The van der Waals surface area contributed by atoms with E-state index in [2.05, 4.69) is 36.5 Å². The van der Waals surface area contributed by atoms with E-state index in [-0.39, 0.29) is 0 Å². The van der Waals surface area contributed by atoms with E-state index in [9.17, 15) is 0 Å². The molecule has 0 aliphatic heterocycles. The summed E-state index contributed by atoms with van der Waals surface area (Å²) in [6, 6.07) is 4.55. The Morgan fingerprint density at radius 1 is 1.62 bits per heavy atom. The largest absolute Gasteiger partial charge is 0.367 e. The number of pyridine rings is 1. The summed E-state index contributed by atoms with van der Waals surface area (Å²) in [5.41, 5.74) is 1.24. The van der Waals surface area contributed by atoms with E-state index in [1.165, 1.54) is 5.56 Å². The van der Waals surface area contributed by atoms with Crippen LogP contribution in [0.25, 0.3) is 0 Å². The van der Waals surface area contributed by atoms with Crippen molar-refractivity contribution >= 4 is 17.6 Å². The van der Waals surface area contributed by atoms with E-state index in [4.69, 9.17) is 0 Å². The van der Waals surface area contributed by atoms with E-state index in [0.29, 0.717) is 6.04 Å². The van der Waals surface area contributed by atoms with E-state index in [1.807, 2.05) is 24.0 Å². The molecule has 1 aromatic rings. The second-order valence-electron chi connectivity index (χ2n) is 3.22. The highest BCUT2D eigenvalue weighted by Gasteiger charge is 2.00. The molecular weight excluding hydrogens is 180 g/mol. The maximum absolute atomic E-state index is 4.24. The Bertz CT molecular complexity index is 263. The predicted molar refractivity (Wildman–Crippen MR) is 60.4 cm³/mol. The summed E-state index contributed by atoms with van der Waals surface area (Å²) in [7, 11) is 0. The number of nitrogens with one attached hydrogen (secondary N) is 1. The minimum Gasteiger partial charge on any atom is -0.367 e. The molecule has 1 atom stereocenters. The molecule has 0 bridgehead atoms. The lowest BCUT2D eigenvalue weighted by molar-refractivity contribution is 0.902. The van der Waals surface area contributed by atoms with Crippen LogP contribution in [0.15, 0.2) is 18.3 Å². The van der Waals surface area contributed by atoms with Crippen molar-refractivity contribution in [2.75, 3.05) is 17.3 Å². The molecule has 1 unspecified atom stereocenters. The molecule has 0 saturated heterocycles. The number of thioether (sulfide) groups is 1. The number of aromatic nitrogens is 1. The zero-order chi connectivity index (χ0) is 9.68. The maximum atomic E-state index is 4.24. The summed E-state index contributed by atoms with van der Waals surface area (Å²) in [6.07, 6.45) is 3.95. The van der Waals surface area contributed by atoms with Crippen LogP contribution < -0.4 is 5.32 Å². The van der Waals surface area contributed by atoms with Gasteiger partial charge in [-0.3, -0.25) is 0 Å². The van der Waals surface area contributed by atoms with Crippen LogP contribution in [-0.2, 0) is 0 Å². The van der Waals surface area contributed by atoms with Crippen LogP contribution in [0, 0.1) is 6.92 Å².